The van der Waals surface area contributed by atoms with Crippen molar-refractivity contribution in [2.45, 2.75) is 32.4 Å². The molecule has 4 N–H and O–H groups in total. The fraction of sp³-hybridized carbons (Fsp3) is 0.667. The predicted molar refractivity (Wildman–Crippen MR) is 56.8 cm³/mol. The van der Waals surface area contributed by atoms with Crippen LogP contribution in [0.25, 0.3) is 0 Å². The van der Waals surface area contributed by atoms with E-state index in [9.17, 15) is 0 Å². The Morgan fingerprint density at radius 2 is 2.08 bits per heavy atom. The first-order valence-electron chi connectivity index (χ1n) is 4.24. The monoisotopic (exact) mass is 201 g/mol. The van der Waals surface area contributed by atoms with E-state index in [1.54, 1.807) is 12.3 Å². The molecule has 1 aliphatic rings. The standard InChI is InChI=1S/C9H16ClN3/c1-8(2,3)9(12)4-7(10)13-5-6(9)11/h4-6H,11-12H2,1-3H3. The molecule has 0 radical (unpaired) electrons. The molecule has 3 nitrogen and oxygen atoms in total. The van der Waals surface area contributed by atoms with Crippen molar-refractivity contribution in [3.8, 4) is 0 Å². The zero-order chi connectivity index (χ0) is 10.3. The average molecular weight is 202 g/mol. The van der Waals surface area contributed by atoms with Crippen LogP contribution in [-0.4, -0.2) is 17.8 Å². The van der Waals surface area contributed by atoms with Crippen molar-refractivity contribution in [1.29, 1.82) is 0 Å². The molecule has 0 aromatic heterocycles. The third kappa shape index (κ3) is 1.77. The highest BCUT2D eigenvalue weighted by atomic mass is 35.5. The second-order valence-corrected chi connectivity index (χ2v) is 4.84. The lowest BCUT2D eigenvalue weighted by Gasteiger charge is -2.43. The van der Waals surface area contributed by atoms with Crippen molar-refractivity contribution < 1.29 is 0 Å². The van der Waals surface area contributed by atoms with Crippen molar-refractivity contribution in [3.63, 3.8) is 0 Å². The first-order chi connectivity index (χ1) is 5.77. The highest BCUT2D eigenvalue weighted by Crippen LogP contribution is 2.34. The molecule has 0 amide bonds. The van der Waals surface area contributed by atoms with Gasteiger partial charge < -0.3 is 11.5 Å². The van der Waals surface area contributed by atoms with Crippen LogP contribution in [0.15, 0.2) is 16.2 Å². The van der Waals surface area contributed by atoms with Crippen LogP contribution >= 0.6 is 11.6 Å². The highest BCUT2D eigenvalue weighted by molar-refractivity contribution is 6.30. The van der Waals surface area contributed by atoms with Crippen molar-refractivity contribution in [1.82, 2.24) is 0 Å². The van der Waals surface area contributed by atoms with Crippen LogP contribution in [-0.2, 0) is 0 Å². The number of hydrogen-bond acceptors (Lipinski definition) is 3. The number of aliphatic imine (C=N–C) groups is 1. The molecule has 4 heteroatoms. The van der Waals surface area contributed by atoms with E-state index in [2.05, 4.69) is 4.99 Å². The van der Waals surface area contributed by atoms with Gasteiger partial charge in [0.05, 0.1) is 11.6 Å². The Bertz CT molecular complexity index is 265. The third-order valence-electron chi connectivity index (χ3n) is 2.57. The van der Waals surface area contributed by atoms with Gasteiger partial charge >= 0.3 is 0 Å². The van der Waals surface area contributed by atoms with E-state index < -0.39 is 5.54 Å². The Labute approximate surface area is 83.8 Å². The second-order valence-electron chi connectivity index (χ2n) is 4.45. The van der Waals surface area contributed by atoms with E-state index in [4.69, 9.17) is 23.1 Å². The second kappa shape index (κ2) is 3.08. The maximum Gasteiger partial charge on any atom is 0.126 e. The summed E-state index contributed by atoms with van der Waals surface area (Å²) < 4.78 is 0. The molecule has 0 aliphatic carbocycles. The Hall–Kier alpha value is -0.380. The predicted octanol–water partition coefficient (Wildman–Crippen LogP) is 1.22. The summed E-state index contributed by atoms with van der Waals surface area (Å²) in [5, 5.41) is 0.416. The smallest absolute Gasteiger partial charge is 0.126 e. The molecule has 2 atom stereocenters. The number of nitrogens with zero attached hydrogens (tertiary/aromatic N) is 1. The van der Waals surface area contributed by atoms with Gasteiger partial charge in [-0.05, 0) is 11.5 Å². The fourth-order valence-corrected chi connectivity index (χ4v) is 1.56. The summed E-state index contributed by atoms with van der Waals surface area (Å²) >= 11 is 5.80. The number of rotatable bonds is 0. The van der Waals surface area contributed by atoms with Crippen LogP contribution in [0.1, 0.15) is 20.8 Å². The zero-order valence-electron chi connectivity index (χ0n) is 8.21. The molecule has 2 unspecified atom stereocenters. The number of halogens is 1. The van der Waals surface area contributed by atoms with Gasteiger partial charge in [-0.25, -0.2) is 4.99 Å². The van der Waals surface area contributed by atoms with Gasteiger partial charge in [0.2, 0.25) is 0 Å². The quantitative estimate of drug-likeness (QED) is 0.579. The van der Waals surface area contributed by atoms with Crippen molar-refractivity contribution >= 4 is 17.8 Å². The molecule has 1 aliphatic heterocycles. The molecule has 0 bridgehead atoms. The molecule has 74 valence electrons. The number of nitrogens with two attached hydrogens (primary N) is 2. The van der Waals surface area contributed by atoms with Gasteiger partial charge in [-0.2, -0.15) is 0 Å². The van der Waals surface area contributed by atoms with Crippen LogP contribution in [0, 0.1) is 5.41 Å². The summed E-state index contributed by atoms with van der Waals surface area (Å²) in [5.41, 5.74) is 11.3. The van der Waals surface area contributed by atoms with Crippen LogP contribution in [0.5, 0.6) is 0 Å². The SMILES string of the molecule is CC(C)(C)C1(N)C=C(Cl)N=CC1N. The van der Waals surface area contributed by atoms with Gasteiger partial charge in [0, 0.05) is 6.21 Å². The molecule has 0 spiro atoms. The first kappa shape index (κ1) is 10.7. The van der Waals surface area contributed by atoms with Gasteiger partial charge in [-0.15, -0.1) is 0 Å². The first-order valence-corrected chi connectivity index (χ1v) is 4.62. The largest absolute Gasteiger partial charge is 0.321 e. The van der Waals surface area contributed by atoms with Crippen LogP contribution in [0.2, 0.25) is 0 Å². The molecule has 1 heterocycles. The molecule has 1 rings (SSSR count). The molecule has 0 saturated heterocycles. The van der Waals surface area contributed by atoms with E-state index in [1.807, 2.05) is 20.8 Å². The van der Waals surface area contributed by atoms with E-state index >= 15 is 0 Å². The molecule has 0 aromatic carbocycles. The Kier molecular flexibility index (Phi) is 2.54. The highest BCUT2D eigenvalue weighted by Gasteiger charge is 2.42. The van der Waals surface area contributed by atoms with Crippen molar-refractivity contribution in [2.75, 3.05) is 0 Å². The summed E-state index contributed by atoms with van der Waals surface area (Å²) in [4.78, 5) is 3.92. The Morgan fingerprint density at radius 3 is 2.46 bits per heavy atom. The van der Waals surface area contributed by atoms with Crippen LogP contribution < -0.4 is 11.5 Å². The maximum atomic E-state index is 6.19. The summed E-state index contributed by atoms with van der Waals surface area (Å²) in [5.74, 6) is 0. The van der Waals surface area contributed by atoms with Crippen LogP contribution in [0.3, 0.4) is 0 Å². The van der Waals surface area contributed by atoms with Gasteiger partial charge in [0.1, 0.15) is 5.16 Å². The summed E-state index contributed by atoms with van der Waals surface area (Å²) in [6.07, 6.45) is 3.34. The zero-order valence-corrected chi connectivity index (χ0v) is 8.97. The van der Waals surface area contributed by atoms with Crippen molar-refractivity contribution in [2.24, 2.45) is 21.9 Å². The lowest BCUT2D eigenvalue weighted by molar-refractivity contribution is 0.228. The van der Waals surface area contributed by atoms with Crippen molar-refractivity contribution in [3.05, 3.63) is 11.2 Å². The van der Waals surface area contributed by atoms with Gasteiger partial charge in [0.25, 0.3) is 0 Å². The lowest BCUT2D eigenvalue weighted by Crippen LogP contribution is -2.63. The molecule has 13 heavy (non-hydrogen) atoms. The molecule has 0 saturated carbocycles. The van der Waals surface area contributed by atoms with E-state index in [0.29, 0.717) is 5.16 Å². The molecule has 0 aromatic rings. The average Bonchev–Trinajstić information content (AvgIpc) is 1.95. The Morgan fingerprint density at radius 1 is 1.54 bits per heavy atom. The Balaban J connectivity index is 3.09. The van der Waals surface area contributed by atoms with E-state index in [0.717, 1.165) is 0 Å². The summed E-state index contributed by atoms with van der Waals surface area (Å²) in [7, 11) is 0. The molecule has 0 fully saturated rings. The van der Waals surface area contributed by atoms with E-state index in [1.165, 1.54) is 0 Å². The fourth-order valence-electron chi connectivity index (χ4n) is 1.32. The van der Waals surface area contributed by atoms with Crippen LogP contribution in [0.4, 0.5) is 0 Å². The molecular formula is C9H16ClN3. The number of hydrogen-bond donors (Lipinski definition) is 2. The maximum absolute atomic E-state index is 6.19. The minimum absolute atomic E-state index is 0.140. The van der Waals surface area contributed by atoms with Gasteiger partial charge in [-0.1, -0.05) is 32.4 Å². The van der Waals surface area contributed by atoms with Gasteiger partial charge in [-0.3, -0.25) is 0 Å². The topological polar surface area (TPSA) is 64.4 Å². The third-order valence-corrected chi connectivity index (χ3v) is 2.77. The minimum atomic E-state index is -0.619. The summed E-state index contributed by atoms with van der Waals surface area (Å²) in [6, 6.07) is -0.282. The van der Waals surface area contributed by atoms with Gasteiger partial charge in [0.15, 0.2) is 0 Å². The molecular weight excluding hydrogens is 186 g/mol. The lowest BCUT2D eigenvalue weighted by atomic mass is 9.69. The van der Waals surface area contributed by atoms with E-state index in [-0.39, 0.29) is 11.5 Å². The summed E-state index contributed by atoms with van der Waals surface area (Å²) in [6.45, 7) is 6.10. The minimum Gasteiger partial charge on any atom is -0.321 e. The normalized spacial score (nSPS) is 34.6.